The van der Waals surface area contributed by atoms with E-state index < -0.39 is 18.2 Å². The molecule has 35 heavy (non-hydrogen) atoms. The largest absolute Gasteiger partial charge is 0.438 e. The molecule has 0 aromatic heterocycles. The molecule has 8 heteroatoms. The van der Waals surface area contributed by atoms with E-state index in [0.29, 0.717) is 28.9 Å². The minimum absolute atomic E-state index is 0.0846. The summed E-state index contributed by atoms with van der Waals surface area (Å²) in [7, 11) is 0. The van der Waals surface area contributed by atoms with Crippen LogP contribution in [0.3, 0.4) is 0 Å². The summed E-state index contributed by atoms with van der Waals surface area (Å²) in [5.74, 6) is -1.02. The quantitative estimate of drug-likeness (QED) is 0.524. The Morgan fingerprint density at radius 1 is 1.03 bits per heavy atom. The number of nitrogens with one attached hydrogen (secondary N) is 2. The van der Waals surface area contributed by atoms with E-state index >= 15 is 0 Å². The van der Waals surface area contributed by atoms with Crippen LogP contribution in [-0.4, -0.2) is 35.4 Å². The van der Waals surface area contributed by atoms with Crippen LogP contribution in [0, 0.1) is 12.7 Å². The van der Waals surface area contributed by atoms with E-state index in [1.165, 1.54) is 17.0 Å². The number of anilines is 1. The molecule has 7 nitrogen and oxygen atoms in total. The molecule has 1 aliphatic heterocycles. The Morgan fingerprint density at radius 2 is 1.74 bits per heavy atom. The highest BCUT2D eigenvalue weighted by Crippen LogP contribution is 2.35. The van der Waals surface area contributed by atoms with E-state index in [2.05, 4.69) is 10.6 Å². The Bertz CT molecular complexity index is 1230. The van der Waals surface area contributed by atoms with Crippen molar-refractivity contribution in [3.63, 3.8) is 0 Å². The van der Waals surface area contributed by atoms with Gasteiger partial charge in [0.15, 0.2) is 12.1 Å². The van der Waals surface area contributed by atoms with Gasteiger partial charge in [-0.05, 0) is 61.4 Å². The van der Waals surface area contributed by atoms with Gasteiger partial charge in [0.25, 0.3) is 5.91 Å². The Balaban J connectivity index is 1.58. The highest BCUT2D eigenvalue weighted by Gasteiger charge is 2.46. The summed E-state index contributed by atoms with van der Waals surface area (Å²) in [6.07, 6.45) is -1.53. The van der Waals surface area contributed by atoms with Gasteiger partial charge in [0, 0.05) is 17.8 Å². The maximum absolute atomic E-state index is 13.3. The van der Waals surface area contributed by atoms with Gasteiger partial charge >= 0.3 is 6.09 Å². The first-order valence-corrected chi connectivity index (χ1v) is 11.3. The maximum atomic E-state index is 13.3. The summed E-state index contributed by atoms with van der Waals surface area (Å²) in [4.78, 5) is 39.8. The maximum Gasteiger partial charge on any atom is 0.411 e. The number of benzene rings is 3. The summed E-state index contributed by atoms with van der Waals surface area (Å²) < 4.78 is 19.0. The van der Waals surface area contributed by atoms with Crippen molar-refractivity contribution in [2.24, 2.45) is 0 Å². The van der Waals surface area contributed by atoms with E-state index in [1.807, 2.05) is 19.1 Å². The van der Waals surface area contributed by atoms with Crippen LogP contribution < -0.4 is 10.6 Å². The molecule has 1 fully saturated rings. The lowest BCUT2D eigenvalue weighted by Crippen LogP contribution is -2.46. The number of rotatable bonds is 7. The minimum atomic E-state index is -0.935. The van der Waals surface area contributed by atoms with Crippen LogP contribution in [-0.2, 0) is 16.1 Å². The molecule has 2 atom stereocenters. The average Bonchev–Trinajstić information content (AvgIpc) is 3.17. The fraction of sp³-hybridized carbons (Fsp3) is 0.222. The van der Waals surface area contributed by atoms with Crippen LogP contribution in [0.1, 0.15) is 40.1 Å². The molecule has 0 spiro atoms. The highest BCUT2D eigenvalue weighted by atomic mass is 19.1. The first-order chi connectivity index (χ1) is 16.9. The molecule has 1 heterocycles. The van der Waals surface area contributed by atoms with Gasteiger partial charge in [0.1, 0.15) is 5.82 Å². The van der Waals surface area contributed by atoms with Crippen molar-refractivity contribution in [2.45, 2.75) is 32.5 Å². The topological polar surface area (TPSA) is 87.7 Å². The Morgan fingerprint density at radius 3 is 2.43 bits per heavy atom. The number of nitrogens with zero attached hydrogens (tertiary/aromatic N) is 1. The summed E-state index contributed by atoms with van der Waals surface area (Å²) >= 11 is 0. The van der Waals surface area contributed by atoms with E-state index in [-0.39, 0.29) is 24.2 Å². The summed E-state index contributed by atoms with van der Waals surface area (Å²) in [6, 6.07) is 18.9. The fourth-order valence-corrected chi connectivity index (χ4v) is 3.98. The molecular weight excluding hydrogens is 449 g/mol. The first-order valence-electron chi connectivity index (χ1n) is 11.3. The van der Waals surface area contributed by atoms with Crippen LogP contribution >= 0.6 is 0 Å². The molecule has 1 saturated heterocycles. The SMILES string of the molecule is CCNC(=O)[C@H]1[C@H](c2cccc(NC(=O)c3ccc(C)cc3)c2)OC(=O)N1Cc1ccc(F)cc1. The second kappa shape index (κ2) is 10.4. The van der Waals surface area contributed by atoms with Crippen molar-refractivity contribution in [2.75, 3.05) is 11.9 Å². The normalized spacial score (nSPS) is 17.1. The van der Waals surface area contributed by atoms with Crippen LogP contribution in [0.15, 0.2) is 72.8 Å². The Hall–Kier alpha value is -4.20. The summed E-state index contributed by atoms with van der Waals surface area (Å²) in [5, 5.41) is 5.61. The molecule has 3 aromatic rings. The molecule has 4 rings (SSSR count). The van der Waals surface area contributed by atoms with Crippen molar-refractivity contribution in [1.29, 1.82) is 0 Å². The van der Waals surface area contributed by atoms with E-state index in [4.69, 9.17) is 4.74 Å². The molecule has 0 aliphatic carbocycles. The zero-order chi connectivity index (χ0) is 24.9. The predicted octanol–water partition coefficient (Wildman–Crippen LogP) is 4.58. The monoisotopic (exact) mass is 475 g/mol. The van der Waals surface area contributed by atoms with Crippen molar-refractivity contribution in [1.82, 2.24) is 10.2 Å². The Kier molecular flexibility index (Phi) is 7.10. The molecule has 3 amide bonds. The average molecular weight is 476 g/mol. The zero-order valence-electron chi connectivity index (χ0n) is 19.5. The van der Waals surface area contributed by atoms with E-state index in [0.717, 1.165) is 5.56 Å². The molecule has 0 bridgehead atoms. The molecule has 0 radical (unpaired) electrons. The van der Waals surface area contributed by atoms with Crippen molar-refractivity contribution in [3.8, 4) is 0 Å². The lowest BCUT2D eigenvalue weighted by atomic mass is 10.00. The fourth-order valence-electron chi connectivity index (χ4n) is 3.98. The number of halogens is 1. The lowest BCUT2D eigenvalue weighted by Gasteiger charge is -2.24. The number of likely N-dealkylation sites (N-methyl/N-ethyl adjacent to an activating group) is 1. The van der Waals surface area contributed by atoms with Gasteiger partial charge in [-0.1, -0.05) is 42.0 Å². The van der Waals surface area contributed by atoms with Gasteiger partial charge in [0.2, 0.25) is 5.91 Å². The number of ether oxygens (including phenoxy) is 1. The van der Waals surface area contributed by atoms with Gasteiger partial charge in [-0.15, -0.1) is 0 Å². The number of aryl methyl sites for hydroxylation is 1. The van der Waals surface area contributed by atoms with E-state index in [9.17, 15) is 18.8 Å². The van der Waals surface area contributed by atoms with Gasteiger partial charge in [-0.25, -0.2) is 9.18 Å². The second-order valence-electron chi connectivity index (χ2n) is 8.34. The third-order valence-electron chi connectivity index (χ3n) is 5.76. The summed E-state index contributed by atoms with van der Waals surface area (Å²) in [6.45, 7) is 4.20. The van der Waals surface area contributed by atoms with Crippen LogP contribution in [0.4, 0.5) is 14.9 Å². The molecule has 3 aromatic carbocycles. The first kappa shape index (κ1) is 23.9. The van der Waals surface area contributed by atoms with Crippen LogP contribution in [0.25, 0.3) is 0 Å². The number of carbonyl (C=O) groups is 3. The van der Waals surface area contributed by atoms with Gasteiger partial charge in [0.05, 0.1) is 6.54 Å². The molecule has 0 unspecified atom stereocenters. The molecule has 1 aliphatic rings. The number of hydrogen-bond donors (Lipinski definition) is 2. The number of amides is 3. The number of carbonyl (C=O) groups excluding carboxylic acids is 3. The van der Waals surface area contributed by atoms with Crippen molar-refractivity contribution >= 4 is 23.6 Å². The van der Waals surface area contributed by atoms with E-state index in [1.54, 1.807) is 55.5 Å². The third-order valence-corrected chi connectivity index (χ3v) is 5.76. The lowest BCUT2D eigenvalue weighted by molar-refractivity contribution is -0.126. The standard InChI is InChI=1S/C27H26FN3O4/c1-3-29-26(33)23-24(35-27(34)31(23)16-18-9-13-21(28)14-10-18)20-5-4-6-22(15-20)30-25(32)19-11-7-17(2)8-12-19/h4-15,23-24H,3,16H2,1-2H3,(H,29,33)(H,30,32)/t23-,24+/m1/s1. The number of hydrogen-bond acceptors (Lipinski definition) is 4. The minimum Gasteiger partial charge on any atom is -0.438 e. The molecule has 2 N–H and O–H groups in total. The third kappa shape index (κ3) is 5.48. The van der Waals surface area contributed by atoms with Crippen molar-refractivity contribution < 1.29 is 23.5 Å². The van der Waals surface area contributed by atoms with Gasteiger partial charge in [-0.2, -0.15) is 0 Å². The molecule has 180 valence electrons. The zero-order valence-corrected chi connectivity index (χ0v) is 19.5. The van der Waals surface area contributed by atoms with Crippen LogP contribution in [0.2, 0.25) is 0 Å². The number of cyclic esters (lactones) is 1. The second-order valence-corrected chi connectivity index (χ2v) is 8.34. The Labute approximate surface area is 202 Å². The highest BCUT2D eigenvalue weighted by molar-refractivity contribution is 6.04. The van der Waals surface area contributed by atoms with Crippen LogP contribution in [0.5, 0.6) is 0 Å². The van der Waals surface area contributed by atoms with Gasteiger partial charge in [-0.3, -0.25) is 14.5 Å². The molecule has 0 saturated carbocycles. The smallest absolute Gasteiger partial charge is 0.411 e. The summed E-state index contributed by atoms with van der Waals surface area (Å²) in [5.41, 5.74) is 3.30. The predicted molar refractivity (Wildman–Crippen MR) is 129 cm³/mol. The van der Waals surface area contributed by atoms with Crippen molar-refractivity contribution in [3.05, 3.63) is 101 Å². The van der Waals surface area contributed by atoms with Gasteiger partial charge < -0.3 is 15.4 Å². The molecular formula is C27H26FN3O4.